The van der Waals surface area contributed by atoms with E-state index in [2.05, 4.69) is 63.3 Å². The van der Waals surface area contributed by atoms with Crippen molar-refractivity contribution in [3.05, 3.63) is 170 Å². The van der Waals surface area contributed by atoms with E-state index < -0.39 is 18.1 Å². The Bertz CT molecular complexity index is 2680. The molecule has 6 aromatic rings. The summed E-state index contributed by atoms with van der Waals surface area (Å²) in [6.45, 7) is 5.77. The number of fused-ring (bicyclic) bond motifs is 3. The van der Waals surface area contributed by atoms with Crippen LogP contribution in [0.25, 0.3) is 11.1 Å². The van der Waals surface area contributed by atoms with E-state index in [0.717, 1.165) is 98.9 Å². The minimum Gasteiger partial charge on any atom is -0.486 e. The number of hydrogen-bond donors (Lipinski definition) is 1. The van der Waals surface area contributed by atoms with Crippen molar-refractivity contribution >= 4 is 40.8 Å². The van der Waals surface area contributed by atoms with E-state index in [0.29, 0.717) is 29.6 Å². The Labute approximate surface area is 384 Å². The monoisotopic (exact) mass is 895 g/mol. The molecule has 64 heavy (non-hydrogen) atoms. The fourth-order valence-electron chi connectivity index (χ4n) is 9.27. The van der Waals surface area contributed by atoms with Gasteiger partial charge in [0.1, 0.15) is 29.7 Å². The van der Waals surface area contributed by atoms with Crippen molar-refractivity contribution in [1.29, 1.82) is 0 Å². The number of ether oxygens (including phenoxy) is 3. The molecule has 12 heteroatoms. The van der Waals surface area contributed by atoms with Gasteiger partial charge >= 0.3 is 5.97 Å². The smallest absolute Gasteiger partial charge is 0.328 e. The molecular weight excluding hydrogens is 846 g/mol. The van der Waals surface area contributed by atoms with Gasteiger partial charge in [0, 0.05) is 57.6 Å². The van der Waals surface area contributed by atoms with Crippen molar-refractivity contribution < 1.29 is 23.8 Å². The Morgan fingerprint density at radius 3 is 2.45 bits per heavy atom. The van der Waals surface area contributed by atoms with Crippen LogP contribution < -0.4 is 19.7 Å². The number of esters is 1. The number of amides is 1. The molecular formula is C52H51Cl2N5O5. The second kappa shape index (κ2) is 18.6. The summed E-state index contributed by atoms with van der Waals surface area (Å²) in [7, 11) is 3.44. The van der Waals surface area contributed by atoms with Crippen LogP contribution in [-0.4, -0.2) is 59.5 Å². The topological polar surface area (TPSA) is 106 Å². The molecule has 2 aromatic heterocycles. The number of aromatic nitrogens is 2. The zero-order valence-corrected chi connectivity index (χ0v) is 38.0. The van der Waals surface area contributed by atoms with Crippen molar-refractivity contribution in [2.75, 3.05) is 25.6 Å². The Morgan fingerprint density at radius 2 is 1.69 bits per heavy atom. The van der Waals surface area contributed by atoms with Crippen LogP contribution in [0.5, 0.6) is 11.5 Å². The number of nitrogens with one attached hydrogen (secondary N) is 1. The van der Waals surface area contributed by atoms with Gasteiger partial charge in [-0.2, -0.15) is 0 Å². The number of pyridine rings is 2. The van der Waals surface area contributed by atoms with E-state index in [9.17, 15) is 9.59 Å². The average molecular weight is 897 g/mol. The highest BCUT2D eigenvalue weighted by Crippen LogP contribution is 2.42. The summed E-state index contributed by atoms with van der Waals surface area (Å²) in [5, 5.41) is 4.21. The minimum atomic E-state index is -0.881. The standard InChI is InChI=1S/C52H51Cl2N5O5/c1-31-32(2)55-21-18-41(31)34-10-8-33(9-11-34)23-45(52(61)62-4)57-51(60)47-26-37-25-46-50(27-38(37)29-59(47)30-39-7-5-6-20-56-39)64-48(19-22-58(46)3)35-12-15-40(16-13-35)63-49-17-14-36-24-43(53)44(54)28-42(36)49/h5-13,15-16,18,20-21,24-25,27-28,45,47-49H,14,17,19,22-23,26,29-30H2,1-4H3,(H,57,60)/t45-,47-,48?,49?/m0/s1. The molecule has 4 atom stereocenters. The van der Waals surface area contributed by atoms with Crippen LogP contribution in [0.15, 0.2) is 109 Å². The molecule has 2 unspecified atom stereocenters. The normalized spacial score (nSPS) is 18.5. The number of rotatable bonds is 11. The number of carbonyl (C=O) groups excluding carboxylic acids is 2. The maximum atomic E-state index is 14.5. The van der Waals surface area contributed by atoms with Gasteiger partial charge in [-0.25, -0.2) is 4.79 Å². The first kappa shape index (κ1) is 43.3. The van der Waals surface area contributed by atoms with Crippen LogP contribution in [0.3, 0.4) is 0 Å². The maximum Gasteiger partial charge on any atom is 0.328 e. The van der Waals surface area contributed by atoms with Gasteiger partial charge < -0.3 is 24.4 Å². The lowest BCUT2D eigenvalue weighted by Gasteiger charge is -2.37. The highest BCUT2D eigenvalue weighted by molar-refractivity contribution is 6.42. The first-order chi connectivity index (χ1) is 31.0. The number of nitrogens with zero attached hydrogens (tertiary/aromatic N) is 4. The zero-order chi connectivity index (χ0) is 44.5. The number of halogens is 2. The molecule has 3 aliphatic rings. The van der Waals surface area contributed by atoms with E-state index in [-0.39, 0.29) is 24.5 Å². The SMILES string of the molecule is COC(=O)[C@H](Cc1ccc(-c2ccnc(C)c2C)cc1)NC(=O)[C@@H]1Cc2cc3c(cc2CN1Cc1ccccn1)OC(c1ccc(OC2CCc4cc(Cl)c(Cl)cc42)cc1)CCN3C. The molecule has 1 amide bonds. The van der Waals surface area contributed by atoms with Gasteiger partial charge in [0.15, 0.2) is 0 Å². The fraction of sp³-hybridized carbons (Fsp3) is 0.308. The number of anilines is 1. The Morgan fingerprint density at radius 1 is 0.891 bits per heavy atom. The Balaban J connectivity index is 0.929. The lowest BCUT2D eigenvalue weighted by atomic mass is 9.91. The summed E-state index contributed by atoms with van der Waals surface area (Å²) < 4.78 is 18.6. The Kier molecular flexibility index (Phi) is 12.6. The van der Waals surface area contributed by atoms with Gasteiger partial charge in [0.05, 0.1) is 34.6 Å². The van der Waals surface area contributed by atoms with Crippen LogP contribution in [0.1, 0.15) is 75.4 Å². The van der Waals surface area contributed by atoms with Gasteiger partial charge in [-0.3, -0.25) is 19.7 Å². The summed E-state index contributed by atoms with van der Waals surface area (Å²) in [6, 6.07) is 30.9. The lowest BCUT2D eigenvalue weighted by Crippen LogP contribution is -2.54. The van der Waals surface area contributed by atoms with Crippen LogP contribution in [0.2, 0.25) is 10.0 Å². The molecule has 4 heterocycles. The molecule has 2 aliphatic heterocycles. The molecule has 1 aliphatic carbocycles. The fourth-order valence-corrected chi connectivity index (χ4v) is 9.63. The Hall–Kier alpha value is -5.94. The third-order valence-electron chi connectivity index (χ3n) is 13.0. The number of aryl methyl sites for hydroxylation is 2. The maximum absolute atomic E-state index is 14.5. The molecule has 0 fully saturated rings. The largest absolute Gasteiger partial charge is 0.486 e. The predicted molar refractivity (Wildman–Crippen MR) is 250 cm³/mol. The van der Waals surface area contributed by atoms with Crippen LogP contribution in [0, 0.1) is 13.8 Å². The molecule has 9 rings (SSSR count). The first-order valence-corrected chi connectivity index (χ1v) is 22.6. The van der Waals surface area contributed by atoms with Crippen molar-refractivity contribution in [1.82, 2.24) is 20.2 Å². The molecule has 4 aromatic carbocycles. The van der Waals surface area contributed by atoms with E-state index in [4.69, 9.17) is 37.4 Å². The molecule has 10 nitrogen and oxygen atoms in total. The van der Waals surface area contributed by atoms with Crippen LogP contribution in [0.4, 0.5) is 5.69 Å². The molecule has 1 N–H and O–H groups in total. The van der Waals surface area contributed by atoms with Crippen molar-refractivity contribution in [2.24, 2.45) is 0 Å². The second-order valence-electron chi connectivity index (χ2n) is 17.1. The lowest BCUT2D eigenvalue weighted by molar-refractivity contribution is -0.146. The number of hydrogen-bond acceptors (Lipinski definition) is 9. The molecule has 0 spiro atoms. The second-order valence-corrected chi connectivity index (χ2v) is 17.9. The summed E-state index contributed by atoms with van der Waals surface area (Å²) >= 11 is 12.6. The van der Waals surface area contributed by atoms with E-state index in [1.54, 1.807) is 6.20 Å². The van der Waals surface area contributed by atoms with Gasteiger partial charge in [0.25, 0.3) is 0 Å². The average Bonchev–Trinajstić information content (AvgIpc) is 3.60. The predicted octanol–water partition coefficient (Wildman–Crippen LogP) is 9.92. The summed E-state index contributed by atoms with van der Waals surface area (Å²) in [5.41, 5.74) is 12.5. The number of benzene rings is 4. The van der Waals surface area contributed by atoms with Gasteiger partial charge in [-0.1, -0.05) is 65.7 Å². The third-order valence-corrected chi connectivity index (χ3v) is 13.7. The quantitative estimate of drug-likeness (QED) is 0.127. The highest BCUT2D eigenvalue weighted by Gasteiger charge is 2.36. The summed E-state index contributed by atoms with van der Waals surface area (Å²) in [5.74, 6) is 0.850. The first-order valence-electron chi connectivity index (χ1n) is 21.8. The van der Waals surface area contributed by atoms with Gasteiger partial charge in [0.2, 0.25) is 5.91 Å². The van der Waals surface area contributed by atoms with E-state index in [1.165, 1.54) is 12.7 Å². The summed E-state index contributed by atoms with van der Waals surface area (Å²) in [4.78, 5) is 41.2. The minimum absolute atomic E-state index is 0.0792. The molecule has 0 saturated carbocycles. The molecule has 0 saturated heterocycles. The van der Waals surface area contributed by atoms with Crippen molar-refractivity contribution in [2.45, 2.75) is 83.3 Å². The van der Waals surface area contributed by atoms with Crippen LogP contribution in [-0.2, 0) is 46.7 Å². The number of methoxy groups -OCH3 is 1. The van der Waals surface area contributed by atoms with Gasteiger partial charge in [-0.15, -0.1) is 0 Å². The third kappa shape index (κ3) is 9.18. The van der Waals surface area contributed by atoms with Crippen LogP contribution >= 0.6 is 23.2 Å². The van der Waals surface area contributed by atoms with Gasteiger partial charge in [-0.05, 0) is 138 Å². The molecule has 328 valence electrons. The van der Waals surface area contributed by atoms with Crippen molar-refractivity contribution in [3.8, 4) is 22.6 Å². The molecule has 0 radical (unpaired) electrons. The zero-order valence-electron chi connectivity index (χ0n) is 36.4. The van der Waals surface area contributed by atoms with E-state index >= 15 is 0 Å². The summed E-state index contributed by atoms with van der Waals surface area (Å²) in [6.07, 6.45) is 6.60. The van der Waals surface area contributed by atoms with E-state index in [1.807, 2.05) is 85.9 Å². The van der Waals surface area contributed by atoms with Crippen molar-refractivity contribution in [3.63, 3.8) is 0 Å². The molecule has 0 bridgehead atoms. The number of carbonyl (C=O) groups is 2. The highest BCUT2D eigenvalue weighted by atomic mass is 35.5.